The summed E-state index contributed by atoms with van der Waals surface area (Å²) in [6.07, 6.45) is 2.40. The van der Waals surface area contributed by atoms with Crippen LogP contribution in [0.1, 0.15) is 23.2 Å². The molecule has 0 saturated carbocycles. The summed E-state index contributed by atoms with van der Waals surface area (Å²) < 4.78 is 0. The number of hydrogen-bond donors (Lipinski definition) is 2. The zero-order valence-corrected chi connectivity index (χ0v) is 10.9. The highest BCUT2D eigenvalue weighted by molar-refractivity contribution is 7.80. The van der Waals surface area contributed by atoms with Crippen LogP contribution in [0.3, 0.4) is 0 Å². The summed E-state index contributed by atoms with van der Waals surface area (Å²) in [6.45, 7) is 1.86. The lowest BCUT2D eigenvalue weighted by Gasteiger charge is -2.19. The van der Waals surface area contributed by atoms with Gasteiger partial charge in [0.05, 0.1) is 0 Å². The number of nitrogens with zero attached hydrogens (tertiary/aromatic N) is 1. The number of carbonyl (C=O) groups is 1. The summed E-state index contributed by atoms with van der Waals surface area (Å²) in [5.74, 6) is -0.0128. The number of amides is 1. The van der Waals surface area contributed by atoms with Crippen molar-refractivity contribution in [1.82, 2.24) is 10.2 Å². The van der Waals surface area contributed by atoms with Crippen molar-refractivity contribution in [2.24, 2.45) is 0 Å². The predicted molar refractivity (Wildman–Crippen MR) is 71.7 cm³/mol. The fraction of sp³-hybridized carbons (Fsp3) is 0.462. The normalized spacial score (nSPS) is 20.5. The van der Waals surface area contributed by atoms with Crippen LogP contribution >= 0.6 is 12.6 Å². The molecule has 1 aliphatic rings. The molecule has 3 nitrogen and oxygen atoms in total. The highest BCUT2D eigenvalue weighted by Crippen LogP contribution is 2.14. The maximum absolute atomic E-state index is 11.9. The second-order valence-electron chi connectivity index (χ2n) is 4.54. The maximum Gasteiger partial charge on any atom is 0.251 e. The molecule has 1 unspecified atom stereocenters. The van der Waals surface area contributed by atoms with E-state index in [0.29, 0.717) is 11.6 Å². The Morgan fingerprint density at radius 1 is 1.59 bits per heavy atom. The fourth-order valence-electron chi connectivity index (χ4n) is 2.20. The molecule has 17 heavy (non-hydrogen) atoms. The number of nitrogens with one attached hydrogen (secondary N) is 1. The number of rotatable bonds is 3. The highest BCUT2D eigenvalue weighted by Gasteiger charge is 2.21. The molecule has 1 aliphatic heterocycles. The van der Waals surface area contributed by atoms with E-state index in [1.54, 1.807) is 6.07 Å². The van der Waals surface area contributed by atoms with Crippen LogP contribution in [0.2, 0.25) is 0 Å². The van der Waals surface area contributed by atoms with E-state index in [1.807, 2.05) is 18.2 Å². The van der Waals surface area contributed by atoms with E-state index < -0.39 is 0 Å². The van der Waals surface area contributed by atoms with E-state index in [4.69, 9.17) is 0 Å². The molecular weight excluding hydrogens is 232 g/mol. The van der Waals surface area contributed by atoms with E-state index in [9.17, 15) is 4.79 Å². The van der Waals surface area contributed by atoms with Crippen LogP contribution < -0.4 is 5.32 Å². The molecule has 1 aromatic carbocycles. The van der Waals surface area contributed by atoms with Crippen molar-refractivity contribution in [3.8, 4) is 0 Å². The Balaban J connectivity index is 1.89. The van der Waals surface area contributed by atoms with E-state index in [0.717, 1.165) is 18.0 Å². The average Bonchev–Trinajstić information content (AvgIpc) is 2.72. The van der Waals surface area contributed by atoms with Crippen molar-refractivity contribution in [2.75, 3.05) is 20.1 Å². The molecule has 0 aromatic heterocycles. The lowest BCUT2D eigenvalue weighted by atomic mass is 10.2. The van der Waals surface area contributed by atoms with Gasteiger partial charge in [0.2, 0.25) is 0 Å². The summed E-state index contributed by atoms with van der Waals surface area (Å²) >= 11 is 4.23. The third-order valence-electron chi connectivity index (χ3n) is 3.28. The molecule has 1 atom stereocenters. The fourth-order valence-corrected chi connectivity index (χ4v) is 2.42. The van der Waals surface area contributed by atoms with Gasteiger partial charge in [-0.05, 0) is 44.6 Å². The molecule has 0 radical (unpaired) electrons. The van der Waals surface area contributed by atoms with Crippen LogP contribution in [0.5, 0.6) is 0 Å². The third-order valence-corrected chi connectivity index (χ3v) is 3.56. The molecule has 4 heteroatoms. The highest BCUT2D eigenvalue weighted by atomic mass is 32.1. The lowest BCUT2D eigenvalue weighted by molar-refractivity contribution is 0.0943. The summed E-state index contributed by atoms with van der Waals surface area (Å²) in [7, 11) is 2.11. The summed E-state index contributed by atoms with van der Waals surface area (Å²) in [4.78, 5) is 15.0. The minimum atomic E-state index is -0.0128. The molecule has 1 fully saturated rings. The minimum Gasteiger partial charge on any atom is -0.350 e. The van der Waals surface area contributed by atoms with Crippen LogP contribution in [-0.4, -0.2) is 37.0 Å². The maximum atomic E-state index is 11.9. The molecule has 92 valence electrons. The molecule has 1 saturated heterocycles. The van der Waals surface area contributed by atoms with Crippen molar-refractivity contribution in [1.29, 1.82) is 0 Å². The third kappa shape index (κ3) is 3.23. The smallest absolute Gasteiger partial charge is 0.251 e. The van der Waals surface area contributed by atoms with Crippen molar-refractivity contribution in [2.45, 2.75) is 23.8 Å². The van der Waals surface area contributed by atoms with Crippen molar-refractivity contribution in [3.63, 3.8) is 0 Å². The number of carbonyl (C=O) groups excluding carboxylic acids is 1. The summed E-state index contributed by atoms with van der Waals surface area (Å²) in [5, 5.41) is 2.98. The molecule has 1 N–H and O–H groups in total. The Morgan fingerprint density at radius 2 is 2.41 bits per heavy atom. The van der Waals surface area contributed by atoms with E-state index in [1.165, 1.54) is 12.8 Å². The van der Waals surface area contributed by atoms with Crippen molar-refractivity contribution < 1.29 is 4.79 Å². The van der Waals surface area contributed by atoms with Gasteiger partial charge in [-0.2, -0.15) is 0 Å². The summed E-state index contributed by atoms with van der Waals surface area (Å²) in [5.41, 5.74) is 0.679. The largest absolute Gasteiger partial charge is 0.350 e. The number of hydrogen-bond acceptors (Lipinski definition) is 3. The van der Waals surface area contributed by atoms with E-state index in [-0.39, 0.29) is 5.91 Å². The van der Waals surface area contributed by atoms with Gasteiger partial charge in [0, 0.05) is 23.0 Å². The first-order valence-corrected chi connectivity index (χ1v) is 6.39. The Morgan fingerprint density at radius 3 is 3.06 bits per heavy atom. The molecule has 0 spiro atoms. The molecule has 1 heterocycles. The molecule has 1 amide bonds. The zero-order chi connectivity index (χ0) is 12.3. The first kappa shape index (κ1) is 12.5. The number of likely N-dealkylation sites (tertiary alicyclic amines) is 1. The van der Waals surface area contributed by atoms with Crippen LogP contribution in [-0.2, 0) is 0 Å². The van der Waals surface area contributed by atoms with Gasteiger partial charge in [-0.3, -0.25) is 4.79 Å². The van der Waals surface area contributed by atoms with E-state index >= 15 is 0 Å². The van der Waals surface area contributed by atoms with Gasteiger partial charge < -0.3 is 10.2 Å². The molecule has 0 aliphatic carbocycles. The molecule has 2 rings (SSSR count). The first-order chi connectivity index (χ1) is 8.16. The molecule has 0 bridgehead atoms. The van der Waals surface area contributed by atoms with Gasteiger partial charge in [0.25, 0.3) is 5.91 Å². The number of thiol groups is 1. The Hall–Kier alpha value is -1.00. The Labute approximate surface area is 108 Å². The van der Waals surface area contributed by atoms with Crippen molar-refractivity contribution >= 4 is 18.5 Å². The topological polar surface area (TPSA) is 32.3 Å². The lowest BCUT2D eigenvalue weighted by Crippen LogP contribution is -2.38. The second kappa shape index (κ2) is 5.56. The first-order valence-electron chi connectivity index (χ1n) is 5.94. The molecule has 1 aromatic rings. The van der Waals surface area contributed by atoms with Gasteiger partial charge >= 0.3 is 0 Å². The number of benzene rings is 1. The second-order valence-corrected chi connectivity index (χ2v) is 5.05. The quantitative estimate of drug-likeness (QED) is 0.802. The Bertz CT molecular complexity index is 408. The van der Waals surface area contributed by atoms with Gasteiger partial charge in [0.15, 0.2) is 0 Å². The predicted octanol–water partition coefficient (Wildman–Crippen LogP) is 1.80. The molecular formula is C13H18N2OS. The summed E-state index contributed by atoms with van der Waals surface area (Å²) in [6, 6.07) is 7.80. The van der Waals surface area contributed by atoms with E-state index in [2.05, 4.69) is 29.9 Å². The zero-order valence-electron chi connectivity index (χ0n) is 10.0. The minimum absolute atomic E-state index is 0.0128. The standard InChI is InChI=1S/C13H18N2OS/c1-15-7-3-5-11(15)9-14-13(16)10-4-2-6-12(17)8-10/h2,4,6,8,11,17H,3,5,7,9H2,1H3,(H,14,16). The van der Waals surface area contributed by atoms with Crippen LogP contribution in [0.25, 0.3) is 0 Å². The average molecular weight is 250 g/mol. The van der Waals surface area contributed by atoms with Gasteiger partial charge in [-0.1, -0.05) is 6.07 Å². The Kier molecular flexibility index (Phi) is 4.07. The van der Waals surface area contributed by atoms with Crippen molar-refractivity contribution in [3.05, 3.63) is 29.8 Å². The van der Waals surface area contributed by atoms with Gasteiger partial charge in [-0.25, -0.2) is 0 Å². The SMILES string of the molecule is CN1CCCC1CNC(=O)c1cccc(S)c1. The van der Waals surface area contributed by atoms with Crippen LogP contribution in [0, 0.1) is 0 Å². The number of likely N-dealkylation sites (N-methyl/N-ethyl adjacent to an activating group) is 1. The van der Waals surface area contributed by atoms with Gasteiger partial charge in [0.1, 0.15) is 0 Å². The monoisotopic (exact) mass is 250 g/mol. The van der Waals surface area contributed by atoms with Gasteiger partial charge in [-0.15, -0.1) is 12.6 Å². The van der Waals surface area contributed by atoms with Crippen LogP contribution in [0.15, 0.2) is 29.2 Å². The van der Waals surface area contributed by atoms with Crippen LogP contribution in [0.4, 0.5) is 0 Å².